The van der Waals surface area contributed by atoms with Crippen molar-refractivity contribution in [3.05, 3.63) is 46.5 Å². The van der Waals surface area contributed by atoms with Crippen LogP contribution in [0.3, 0.4) is 0 Å². The van der Waals surface area contributed by atoms with E-state index in [9.17, 15) is 0 Å². The lowest BCUT2D eigenvalue weighted by molar-refractivity contribution is -0.194. The fourth-order valence-corrected chi connectivity index (χ4v) is 3.32. The highest BCUT2D eigenvalue weighted by Crippen LogP contribution is 2.43. The molecule has 1 saturated heterocycles. The predicted octanol–water partition coefficient (Wildman–Crippen LogP) is 3.65. The van der Waals surface area contributed by atoms with Crippen LogP contribution in [0.15, 0.2) is 30.9 Å². The first-order valence-corrected chi connectivity index (χ1v) is 7.93. The Kier molecular flexibility index (Phi) is 4.41. The zero-order chi connectivity index (χ0) is 15.7. The molecule has 1 aromatic heterocycles. The summed E-state index contributed by atoms with van der Waals surface area (Å²) in [5.41, 5.74) is 0.747. The number of aromatic nitrogens is 3. The second kappa shape index (κ2) is 6.16. The normalized spacial score (nSPS) is 28.2. The third kappa shape index (κ3) is 2.86. The molecule has 1 aliphatic heterocycles. The maximum Gasteiger partial charge on any atom is 0.217 e. The summed E-state index contributed by atoms with van der Waals surface area (Å²) in [5.74, 6) is -0.991. The second-order valence-electron chi connectivity index (χ2n) is 5.36. The first kappa shape index (κ1) is 15.7. The van der Waals surface area contributed by atoms with E-state index in [1.807, 2.05) is 13.0 Å². The molecule has 118 valence electrons. The van der Waals surface area contributed by atoms with E-state index in [0.29, 0.717) is 16.6 Å². The van der Waals surface area contributed by atoms with Gasteiger partial charge in [0.2, 0.25) is 5.79 Å². The van der Waals surface area contributed by atoms with Gasteiger partial charge in [-0.3, -0.25) is 0 Å². The van der Waals surface area contributed by atoms with Gasteiger partial charge in [0.15, 0.2) is 0 Å². The van der Waals surface area contributed by atoms with Gasteiger partial charge >= 0.3 is 0 Å². The highest BCUT2D eigenvalue weighted by molar-refractivity contribution is 6.35. The van der Waals surface area contributed by atoms with E-state index in [4.69, 9.17) is 32.7 Å². The highest BCUT2D eigenvalue weighted by atomic mass is 35.5. The van der Waals surface area contributed by atoms with E-state index in [2.05, 4.69) is 17.0 Å². The average Bonchev–Trinajstić information content (AvgIpc) is 3.07. The molecule has 3 rings (SSSR count). The van der Waals surface area contributed by atoms with Crippen molar-refractivity contribution in [2.75, 3.05) is 0 Å². The fraction of sp³-hybridized carbons (Fsp3) is 0.467. The Morgan fingerprint density at radius 1 is 1.32 bits per heavy atom. The topological polar surface area (TPSA) is 49.2 Å². The molecule has 22 heavy (non-hydrogen) atoms. The van der Waals surface area contributed by atoms with Gasteiger partial charge in [0.25, 0.3) is 0 Å². The predicted molar refractivity (Wildman–Crippen MR) is 83.9 cm³/mol. The number of hydrogen-bond donors (Lipinski definition) is 0. The van der Waals surface area contributed by atoms with Crippen molar-refractivity contribution in [2.45, 2.75) is 44.8 Å². The number of halogens is 2. The molecule has 7 heteroatoms. The summed E-state index contributed by atoms with van der Waals surface area (Å²) < 4.78 is 14.1. The summed E-state index contributed by atoms with van der Waals surface area (Å²) in [6.07, 6.45) is 3.91. The molecule has 0 radical (unpaired) electrons. The first-order valence-electron chi connectivity index (χ1n) is 7.17. The van der Waals surface area contributed by atoms with Gasteiger partial charge in [-0.2, -0.15) is 5.10 Å². The number of ether oxygens (including phenoxy) is 2. The van der Waals surface area contributed by atoms with Crippen molar-refractivity contribution in [1.29, 1.82) is 0 Å². The number of nitrogens with zero attached hydrogens (tertiary/aromatic N) is 3. The summed E-state index contributed by atoms with van der Waals surface area (Å²) in [6, 6.07) is 5.31. The minimum Gasteiger partial charge on any atom is -0.339 e. The molecule has 0 spiro atoms. The van der Waals surface area contributed by atoms with E-state index in [0.717, 1.165) is 12.0 Å². The molecule has 0 bridgehead atoms. The quantitative estimate of drug-likeness (QED) is 0.851. The molecule has 2 heterocycles. The van der Waals surface area contributed by atoms with Gasteiger partial charge in [0.1, 0.15) is 19.2 Å². The van der Waals surface area contributed by atoms with Crippen molar-refractivity contribution >= 4 is 23.2 Å². The van der Waals surface area contributed by atoms with E-state index in [1.165, 1.54) is 6.33 Å². The molecule has 1 aromatic carbocycles. The van der Waals surface area contributed by atoms with Crippen LogP contribution in [0.1, 0.15) is 25.8 Å². The van der Waals surface area contributed by atoms with Crippen LogP contribution in [0.4, 0.5) is 0 Å². The van der Waals surface area contributed by atoms with Crippen LogP contribution in [0.25, 0.3) is 0 Å². The zero-order valence-electron chi connectivity index (χ0n) is 12.4. The molecule has 5 nitrogen and oxygen atoms in total. The molecule has 0 amide bonds. The van der Waals surface area contributed by atoms with Crippen molar-refractivity contribution in [1.82, 2.24) is 14.8 Å². The Hall–Kier alpha value is -1.14. The fourth-order valence-electron chi connectivity index (χ4n) is 2.77. The maximum absolute atomic E-state index is 6.39. The van der Waals surface area contributed by atoms with Crippen LogP contribution in [0, 0.1) is 0 Å². The van der Waals surface area contributed by atoms with Crippen molar-refractivity contribution in [3.8, 4) is 0 Å². The van der Waals surface area contributed by atoms with E-state index in [-0.39, 0.29) is 12.2 Å². The Morgan fingerprint density at radius 3 is 2.73 bits per heavy atom. The molecular formula is C15H17Cl2N3O2. The van der Waals surface area contributed by atoms with Crippen LogP contribution in [0.2, 0.25) is 10.0 Å². The minimum absolute atomic E-state index is 0.00438. The third-order valence-electron chi connectivity index (χ3n) is 3.82. The van der Waals surface area contributed by atoms with Crippen LogP contribution in [-0.2, 0) is 21.8 Å². The number of benzene rings is 1. The molecule has 3 atom stereocenters. The van der Waals surface area contributed by atoms with Gasteiger partial charge in [-0.15, -0.1) is 0 Å². The van der Waals surface area contributed by atoms with E-state index < -0.39 is 5.79 Å². The average molecular weight is 342 g/mol. The van der Waals surface area contributed by atoms with Gasteiger partial charge in [-0.05, 0) is 25.5 Å². The first-order chi connectivity index (χ1) is 10.5. The lowest BCUT2D eigenvalue weighted by atomic mass is 10.1. The molecule has 1 aliphatic rings. The molecule has 2 aromatic rings. The Labute approximate surface area is 139 Å². The van der Waals surface area contributed by atoms with Gasteiger partial charge in [0, 0.05) is 10.6 Å². The largest absolute Gasteiger partial charge is 0.339 e. The van der Waals surface area contributed by atoms with Gasteiger partial charge < -0.3 is 9.47 Å². The van der Waals surface area contributed by atoms with Gasteiger partial charge in [0.05, 0.1) is 17.2 Å². The highest BCUT2D eigenvalue weighted by Gasteiger charge is 2.48. The van der Waals surface area contributed by atoms with Crippen LogP contribution < -0.4 is 0 Å². The van der Waals surface area contributed by atoms with Gasteiger partial charge in [-0.1, -0.05) is 36.2 Å². The SMILES string of the molecule is CCC1OC(Cn2cncn2)(c2ccc(Cl)cc2Cl)OC1C. The van der Waals surface area contributed by atoms with Crippen molar-refractivity contribution < 1.29 is 9.47 Å². The smallest absolute Gasteiger partial charge is 0.217 e. The summed E-state index contributed by atoms with van der Waals surface area (Å²) in [7, 11) is 0. The maximum atomic E-state index is 6.39. The molecule has 3 unspecified atom stereocenters. The van der Waals surface area contributed by atoms with Crippen molar-refractivity contribution in [3.63, 3.8) is 0 Å². The monoisotopic (exact) mass is 341 g/mol. The van der Waals surface area contributed by atoms with E-state index >= 15 is 0 Å². The second-order valence-corrected chi connectivity index (χ2v) is 6.20. The Bertz CT molecular complexity index is 650. The number of hydrogen-bond acceptors (Lipinski definition) is 4. The molecule has 0 saturated carbocycles. The minimum atomic E-state index is -0.991. The molecular weight excluding hydrogens is 325 g/mol. The molecule has 0 N–H and O–H groups in total. The molecule has 1 fully saturated rings. The number of rotatable bonds is 4. The van der Waals surface area contributed by atoms with Crippen molar-refractivity contribution in [2.24, 2.45) is 0 Å². The summed E-state index contributed by atoms with van der Waals surface area (Å²) >= 11 is 12.4. The standard InChI is InChI=1S/C15H17Cl2N3O2/c1-3-14-10(2)21-15(22-14,7-20-9-18-8-19-20)12-5-4-11(16)6-13(12)17/h4-6,8-10,14H,3,7H2,1-2H3. The van der Waals surface area contributed by atoms with Crippen LogP contribution in [-0.4, -0.2) is 27.0 Å². The third-order valence-corrected chi connectivity index (χ3v) is 4.37. The zero-order valence-corrected chi connectivity index (χ0v) is 13.9. The van der Waals surface area contributed by atoms with Crippen LogP contribution >= 0.6 is 23.2 Å². The summed E-state index contributed by atoms with van der Waals surface area (Å²) in [6.45, 7) is 4.44. The summed E-state index contributed by atoms with van der Waals surface area (Å²) in [4.78, 5) is 3.97. The summed E-state index contributed by atoms with van der Waals surface area (Å²) in [5, 5.41) is 5.23. The van der Waals surface area contributed by atoms with Crippen LogP contribution in [0.5, 0.6) is 0 Å². The molecule has 0 aliphatic carbocycles. The Morgan fingerprint density at radius 2 is 2.14 bits per heavy atom. The van der Waals surface area contributed by atoms with Gasteiger partial charge in [-0.25, -0.2) is 9.67 Å². The van der Waals surface area contributed by atoms with E-state index in [1.54, 1.807) is 23.1 Å². The lowest BCUT2D eigenvalue weighted by Gasteiger charge is -2.29. The lowest BCUT2D eigenvalue weighted by Crippen LogP contribution is -2.34. The Balaban J connectivity index is 2.03.